The summed E-state index contributed by atoms with van der Waals surface area (Å²) in [4.78, 5) is 24.9. The number of carboxylic acids is 1. The maximum Gasteiger partial charge on any atom is 0.323 e. The van der Waals surface area contributed by atoms with Gasteiger partial charge in [0.05, 0.1) is 5.56 Å². The number of aliphatic carboxylic acids is 1. The number of rotatable bonds is 4. The van der Waals surface area contributed by atoms with Crippen LogP contribution in [0.3, 0.4) is 0 Å². The molecule has 0 unspecified atom stereocenters. The molecule has 0 saturated heterocycles. The van der Waals surface area contributed by atoms with Gasteiger partial charge in [0, 0.05) is 10.5 Å². The Hall–Kier alpha value is -1.56. The Labute approximate surface area is 125 Å². The van der Waals surface area contributed by atoms with E-state index in [-0.39, 0.29) is 23.9 Å². The smallest absolute Gasteiger partial charge is 0.323 e. The zero-order valence-electron chi connectivity index (χ0n) is 10.9. The van der Waals surface area contributed by atoms with Gasteiger partial charge in [0.2, 0.25) is 0 Å². The summed E-state index contributed by atoms with van der Waals surface area (Å²) in [6.07, 6.45) is 3.62. The summed E-state index contributed by atoms with van der Waals surface area (Å²) in [6.45, 7) is -0.338. The molecule has 5 nitrogen and oxygen atoms in total. The first-order valence-corrected chi connectivity index (χ1v) is 7.29. The van der Waals surface area contributed by atoms with Crippen molar-refractivity contribution in [1.29, 1.82) is 0 Å². The van der Waals surface area contributed by atoms with Gasteiger partial charge in [-0.15, -0.1) is 0 Å². The number of halogens is 1. The number of phenols is 1. The lowest BCUT2D eigenvalue weighted by Gasteiger charge is -2.27. The Balaban J connectivity index is 2.29. The summed E-state index contributed by atoms with van der Waals surface area (Å²) in [5, 5.41) is 18.8. The van der Waals surface area contributed by atoms with Gasteiger partial charge >= 0.3 is 5.97 Å². The van der Waals surface area contributed by atoms with Crippen LogP contribution in [-0.4, -0.2) is 39.6 Å². The molecule has 0 bridgehead atoms. The molecule has 1 amide bonds. The van der Waals surface area contributed by atoms with E-state index in [9.17, 15) is 14.7 Å². The normalized spacial score (nSPS) is 15.2. The van der Waals surface area contributed by atoms with Crippen molar-refractivity contribution in [2.45, 2.75) is 31.7 Å². The molecule has 1 aromatic carbocycles. The topological polar surface area (TPSA) is 77.8 Å². The van der Waals surface area contributed by atoms with Crippen LogP contribution in [0.1, 0.15) is 36.0 Å². The molecule has 0 aliphatic heterocycles. The molecule has 1 aliphatic rings. The first-order valence-electron chi connectivity index (χ1n) is 6.50. The molecule has 0 spiro atoms. The summed E-state index contributed by atoms with van der Waals surface area (Å²) in [5.41, 5.74) is 0.132. The van der Waals surface area contributed by atoms with Crippen LogP contribution in [0.5, 0.6) is 5.75 Å². The van der Waals surface area contributed by atoms with Crippen molar-refractivity contribution >= 4 is 27.8 Å². The van der Waals surface area contributed by atoms with Crippen molar-refractivity contribution < 1.29 is 19.8 Å². The summed E-state index contributed by atoms with van der Waals surface area (Å²) >= 11 is 3.25. The zero-order valence-corrected chi connectivity index (χ0v) is 12.5. The lowest BCUT2D eigenvalue weighted by Crippen LogP contribution is -2.42. The number of amides is 1. The summed E-state index contributed by atoms with van der Waals surface area (Å²) in [6, 6.07) is 4.51. The lowest BCUT2D eigenvalue weighted by atomic mass is 10.1. The van der Waals surface area contributed by atoms with E-state index >= 15 is 0 Å². The predicted octanol–water partition coefficient (Wildman–Crippen LogP) is 2.62. The number of nitrogens with zero attached hydrogens (tertiary/aromatic N) is 1. The van der Waals surface area contributed by atoms with Crippen LogP contribution in [-0.2, 0) is 4.79 Å². The number of carboxylic acid groups (broad SMARTS) is 1. The van der Waals surface area contributed by atoms with Crippen molar-refractivity contribution in [2.75, 3.05) is 6.54 Å². The molecule has 2 rings (SSSR count). The number of hydrogen-bond donors (Lipinski definition) is 2. The fraction of sp³-hybridized carbons (Fsp3) is 0.429. The lowest BCUT2D eigenvalue weighted by molar-refractivity contribution is -0.138. The highest BCUT2D eigenvalue weighted by molar-refractivity contribution is 9.10. The summed E-state index contributed by atoms with van der Waals surface area (Å²) < 4.78 is 0.667. The second-order valence-corrected chi connectivity index (χ2v) is 5.84. The second-order valence-electron chi connectivity index (χ2n) is 4.93. The average Bonchev–Trinajstić information content (AvgIpc) is 2.91. The van der Waals surface area contributed by atoms with E-state index in [1.807, 2.05) is 0 Å². The first kappa shape index (κ1) is 14.8. The Kier molecular flexibility index (Phi) is 4.65. The van der Waals surface area contributed by atoms with Crippen LogP contribution in [0.25, 0.3) is 0 Å². The van der Waals surface area contributed by atoms with Crippen LogP contribution >= 0.6 is 15.9 Å². The molecular weight excluding hydrogens is 326 g/mol. The van der Waals surface area contributed by atoms with Gasteiger partial charge in [0.25, 0.3) is 5.91 Å². The molecule has 1 aliphatic carbocycles. The van der Waals surface area contributed by atoms with Crippen molar-refractivity contribution in [3.63, 3.8) is 0 Å². The second kappa shape index (κ2) is 6.26. The third-order valence-electron chi connectivity index (χ3n) is 3.52. The Bertz CT molecular complexity index is 526. The average molecular weight is 342 g/mol. The number of carbonyl (C=O) groups excluding carboxylic acids is 1. The maximum atomic E-state index is 12.5. The maximum absolute atomic E-state index is 12.5. The highest BCUT2D eigenvalue weighted by Crippen LogP contribution is 2.28. The minimum Gasteiger partial charge on any atom is -0.507 e. The highest BCUT2D eigenvalue weighted by atomic mass is 79.9. The summed E-state index contributed by atoms with van der Waals surface area (Å²) in [5.74, 6) is -1.61. The molecule has 0 radical (unpaired) electrons. The largest absolute Gasteiger partial charge is 0.507 e. The van der Waals surface area contributed by atoms with Crippen LogP contribution in [0, 0.1) is 0 Å². The quantitative estimate of drug-likeness (QED) is 0.882. The van der Waals surface area contributed by atoms with Crippen molar-refractivity contribution in [1.82, 2.24) is 4.90 Å². The number of hydrogen-bond acceptors (Lipinski definition) is 3. The molecule has 108 valence electrons. The van der Waals surface area contributed by atoms with Crippen LogP contribution in [0.2, 0.25) is 0 Å². The monoisotopic (exact) mass is 341 g/mol. The van der Waals surface area contributed by atoms with Crippen LogP contribution in [0.15, 0.2) is 22.7 Å². The minimum atomic E-state index is -1.04. The standard InChI is InChI=1S/C14H16BrNO4/c15-9-5-6-12(17)11(7-9)14(20)16(8-13(18)19)10-3-1-2-4-10/h5-7,10,17H,1-4,8H2,(H,18,19). The van der Waals surface area contributed by atoms with Gasteiger partial charge in [-0.3, -0.25) is 9.59 Å². The van der Waals surface area contributed by atoms with Gasteiger partial charge in [-0.25, -0.2) is 0 Å². The predicted molar refractivity (Wildman–Crippen MR) is 76.7 cm³/mol. The molecule has 1 saturated carbocycles. The van der Waals surface area contributed by atoms with Gasteiger partial charge in [-0.1, -0.05) is 28.8 Å². The number of aromatic hydroxyl groups is 1. The molecule has 0 aromatic heterocycles. The van der Waals surface area contributed by atoms with Crippen molar-refractivity contribution in [3.05, 3.63) is 28.2 Å². The van der Waals surface area contributed by atoms with Crippen molar-refractivity contribution in [2.24, 2.45) is 0 Å². The first-order chi connectivity index (χ1) is 9.49. The Morgan fingerprint density at radius 3 is 2.55 bits per heavy atom. The van der Waals surface area contributed by atoms with Gasteiger partial charge in [0.15, 0.2) is 0 Å². The van der Waals surface area contributed by atoms with E-state index in [1.165, 1.54) is 17.0 Å². The van der Waals surface area contributed by atoms with Gasteiger partial charge in [-0.2, -0.15) is 0 Å². The van der Waals surface area contributed by atoms with Crippen LogP contribution < -0.4 is 0 Å². The Morgan fingerprint density at radius 1 is 1.30 bits per heavy atom. The van der Waals surface area contributed by atoms with Crippen molar-refractivity contribution in [3.8, 4) is 5.75 Å². The van der Waals surface area contributed by atoms with E-state index in [0.29, 0.717) is 4.47 Å². The molecular formula is C14H16BrNO4. The molecule has 1 fully saturated rings. The number of carbonyl (C=O) groups is 2. The molecule has 2 N–H and O–H groups in total. The van der Waals surface area contributed by atoms with E-state index in [2.05, 4.69) is 15.9 Å². The van der Waals surface area contributed by atoms with Gasteiger partial charge in [-0.05, 0) is 31.0 Å². The molecule has 0 atom stereocenters. The minimum absolute atomic E-state index is 0.0584. The van der Waals surface area contributed by atoms with Gasteiger partial charge < -0.3 is 15.1 Å². The van der Waals surface area contributed by atoms with E-state index < -0.39 is 11.9 Å². The third kappa shape index (κ3) is 3.30. The molecule has 20 heavy (non-hydrogen) atoms. The molecule has 0 heterocycles. The van der Waals surface area contributed by atoms with Gasteiger partial charge in [0.1, 0.15) is 12.3 Å². The third-order valence-corrected chi connectivity index (χ3v) is 4.01. The zero-order chi connectivity index (χ0) is 14.7. The molecule has 6 heteroatoms. The molecule has 1 aromatic rings. The van der Waals surface area contributed by atoms with E-state index in [0.717, 1.165) is 25.7 Å². The number of benzene rings is 1. The number of phenolic OH excluding ortho intramolecular Hbond substituents is 1. The van der Waals surface area contributed by atoms with E-state index in [4.69, 9.17) is 5.11 Å². The van der Waals surface area contributed by atoms with E-state index in [1.54, 1.807) is 6.07 Å². The SMILES string of the molecule is O=C(O)CN(C(=O)c1cc(Br)ccc1O)C1CCCC1. The summed E-state index contributed by atoms with van der Waals surface area (Å²) in [7, 11) is 0. The Morgan fingerprint density at radius 2 is 1.95 bits per heavy atom. The highest BCUT2D eigenvalue weighted by Gasteiger charge is 2.30. The fourth-order valence-corrected chi connectivity index (χ4v) is 2.92. The fourth-order valence-electron chi connectivity index (χ4n) is 2.56. The van der Waals surface area contributed by atoms with Crippen LogP contribution in [0.4, 0.5) is 0 Å².